The second-order valence-corrected chi connectivity index (χ2v) is 7.95. The highest BCUT2D eigenvalue weighted by Gasteiger charge is 2.52. The van der Waals surface area contributed by atoms with E-state index in [0.717, 1.165) is 24.9 Å². The maximum absolute atomic E-state index is 12.9. The number of carbonyl (C=O) groups excluding carboxylic acids is 1. The lowest BCUT2D eigenvalue weighted by Crippen LogP contribution is -2.60. The van der Waals surface area contributed by atoms with Gasteiger partial charge in [-0.2, -0.15) is 0 Å². The third-order valence-electron chi connectivity index (χ3n) is 5.80. The Hall–Kier alpha value is -2.20. The maximum atomic E-state index is 12.9. The van der Waals surface area contributed by atoms with E-state index in [0.29, 0.717) is 23.9 Å². The monoisotopic (exact) mass is 352 g/mol. The zero-order valence-electron chi connectivity index (χ0n) is 14.9. The van der Waals surface area contributed by atoms with Gasteiger partial charge in [-0.15, -0.1) is 0 Å². The molecule has 2 N–H and O–H groups in total. The molecule has 0 saturated heterocycles. The molecular weight excluding hydrogens is 327 g/mol. The molecule has 0 aliphatic heterocycles. The molecule has 0 heterocycles. The minimum Gasteiger partial charge on any atom is -0.353 e. The molecular formula is C22H25FN2O. The molecule has 2 fully saturated rings. The third-order valence-corrected chi connectivity index (χ3v) is 5.80. The summed E-state index contributed by atoms with van der Waals surface area (Å²) >= 11 is 0. The van der Waals surface area contributed by atoms with Crippen LogP contribution in [-0.2, 0) is 17.8 Å². The molecule has 0 radical (unpaired) electrons. The van der Waals surface area contributed by atoms with Crippen LogP contribution in [0.25, 0.3) is 0 Å². The van der Waals surface area contributed by atoms with E-state index in [9.17, 15) is 9.18 Å². The van der Waals surface area contributed by atoms with Crippen LogP contribution in [-0.4, -0.2) is 18.0 Å². The molecule has 0 unspecified atom stereocenters. The van der Waals surface area contributed by atoms with Gasteiger partial charge in [-0.1, -0.05) is 42.5 Å². The van der Waals surface area contributed by atoms with Gasteiger partial charge in [0.05, 0.1) is 6.42 Å². The van der Waals surface area contributed by atoms with Crippen molar-refractivity contribution < 1.29 is 9.18 Å². The molecule has 2 aromatic rings. The van der Waals surface area contributed by atoms with E-state index in [1.165, 1.54) is 30.5 Å². The summed E-state index contributed by atoms with van der Waals surface area (Å²) in [5, 5.41) is 6.76. The fourth-order valence-electron chi connectivity index (χ4n) is 4.48. The van der Waals surface area contributed by atoms with Crippen LogP contribution in [0.2, 0.25) is 0 Å². The predicted molar refractivity (Wildman–Crippen MR) is 100 cm³/mol. The van der Waals surface area contributed by atoms with Gasteiger partial charge in [-0.05, 0) is 54.4 Å². The van der Waals surface area contributed by atoms with Crippen molar-refractivity contribution in [1.29, 1.82) is 0 Å². The van der Waals surface area contributed by atoms with Gasteiger partial charge < -0.3 is 10.6 Å². The summed E-state index contributed by atoms with van der Waals surface area (Å²) in [6, 6.07) is 17.5. The minimum atomic E-state index is -0.268. The Kier molecular flexibility index (Phi) is 4.77. The average molecular weight is 352 g/mol. The zero-order valence-corrected chi connectivity index (χ0v) is 14.9. The van der Waals surface area contributed by atoms with Crippen molar-refractivity contribution >= 4 is 5.91 Å². The van der Waals surface area contributed by atoms with Gasteiger partial charge >= 0.3 is 0 Å². The first-order valence-electron chi connectivity index (χ1n) is 9.41. The van der Waals surface area contributed by atoms with E-state index in [-0.39, 0.29) is 11.7 Å². The van der Waals surface area contributed by atoms with Crippen LogP contribution in [0, 0.1) is 11.2 Å². The van der Waals surface area contributed by atoms with Gasteiger partial charge in [-0.3, -0.25) is 4.79 Å². The van der Waals surface area contributed by atoms with Crippen LogP contribution >= 0.6 is 0 Å². The van der Waals surface area contributed by atoms with Crippen molar-refractivity contribution in [2.45, 2.75) is 50.7 Å². The van der Waals surface area contributed by atoms with Gasteiger partial charge in [0.1, 0.15) is 5.82 Å². The molecule has 1 amide bonds. The molecule has 136 valence electrons. The van der Waals surface area contributed by atoms with E-state index in [1.807, 2.05) is 6.07 Å². The molecule has 0 bridgehead atoms. The quantitative estimate of drug-likeness (QED) is 0.834. The number of benzene rings is 2. The van der Waals surface area contributed by atoms with E-state index in [4.69, 9.17) is 0 Å². The van der Waals surface area contributed by atoms with E-state index >= 15 is 0 Å². The van der Waals surface area contributed by atoms with Crippen LogP contribution < -0.4 is 10.6 Å². The third kappa shape index (κ3) is 3.96. The first-order chi connectivity index (χ1) is 12.6. The molecule has 3 nitrogen and oxygen atoms in total. The van der Waals surface area contributed by atoms with Crippen molar-refractivity contribution in [2.75, 3.05) is 0 Å². The SMILES string of the molecule is O=C(Cc1ccc(F)cc1)NC1CC2(CC(NCc3ccccc3)C2)C1. The van der Waals surface area contributed by atoms with Crippen LogP contribution in [0.1, 0.15) is 36.8 Å². The Morgan fingerprint density at radius 2 is 1.58 bits per heavy atom. The first kappa shape index (κ1) is 17.2. The molecule has 2 aromatic carbocycles. The van der Waals surface area contributed by atoms with Crippen LogP contribution in [0.4, 0.5) is 4.39 Å². The summed E-state index contributed by atoms with van der Waals surface area (Å²) in [7, 11) is 0. The predicted octanol–water partition coefficient (Wildman–Crippen LogP) is 3.59. The fourth-order valence-corrected chi connectivity index (χ4v) is 4.48. The van der Waals surface area contributed by atoms with Crippen LogP contribution in [0.15, 0.2) is 54.6 Å². The molecule has 4 heteroatoms. The highest BCUT2D eigenvalue weighted by atomic mass is 19.1. The highest BCUT2D eigenvalue weighted by Crippen LogP contribution is 2.55. The second kappa shape index (κ2) is 7.20. The number of hydrogen-bond donors (Lipinski definition) is 2. The number of hydrogen-bond acceptors (Lipinski definition) is 2. The summed E-state index contributed by atoms with van der Waals surface area (Å²) < 4.78 is 12.9. The smallest absolute Gasteiger partial charge is 0.224 e. The van der Waals surface area contributed by atoms with Gasteiger partial charge in [0.15, 0.2) is 0 Å². The van der Waals surface area contributed by atoms with Crippen LogP contribution in [0.5, 0.6) is 0 Å². The molecule has 0 aromatic heterocycles. The Morgan fingerprint density at radius 3 is 2.27 bits per heavy atom. The van der Waals surface area contributed by atoms with Crippen molar-refractivity contribution in [3.8, 4) is 0 Å². The fraction of sp³-hybridized carbons (Fsp3) is 0.409. The summed E-state index contributed by atoms with van der Waals surface area (Å²) in [6.07, 6.45) is 4.93. The summed E-state index contributed by atoms with van der Waals surface area (Å²) in [5.74, 6) is -0.231. The number of amides is 1. The van der Waals surface area contributed by atoms with E-state index in [1.54, 1.807) is 12.1 Å². The Morgan fingerprint density at radius 1 is 0.923 bits per heavy atom. The Labute approximate surface area is 154 Å². The lowest BCUT2D eigenvalue weighted by molar-refractivity contribution is -0.124. The standard InChI is InChI=1S/C22H25FN2O/c23-18-8-6-16(7-9-18)10-21(26)25-20-13-22(14-20)11-19(12-22)24-15-17-4-2-1-3-5-17/h1-9,19-20,24H,10-15H2,(H,25,26). The molecule has 2 saturated carbocycles. The topological polar surface area (TPSA) is 41.1 Å². The molecule has 1 spiro atoms. The van der Waals surface area contributed by atoms with Gasteiger partial charge in [0.25, 0.3) is 0 Å². The number of rotatable bonds is 6. The Balaban J connectivity index is 1.15. The zero-order chi connectivity index (χ0) is 18.0. The summed E-state index contributed by atoms with van der Waals surface area (Å²) in [5.41, 5.74) is 2.63. The largest absolute Gasteiger partial charge is 0.353 e. The Bertz CT molecular complexity index is 745. The van der Waals surface area contributed by atoms with E-state index < -0.39 is 0 Å². The normalized spacial score (nSPS) is 26.8. The molecule has 2 aliphatic rings. The maximum Gasteiger partial charge on any atom is 0.224 e. The summed E-state index contributed by atoms with van der Waals surface area (Å²) in [4.78, 5) is 12.1. The average Bonchev–Trinajstić information content (AvgIpc) is 2.58. The van der Waals surface area contributed by atoms with Gasteiger partial charge in [-0.25, -0.2) is 4.39 Å². The van der Waals surface area contributed by atoms with Crippen molar-refractivity contribution in [2.24, 2.45) is 5.41 Å². The second-order valence-electron chi connectivity index (χ2n) is 7.95. The van der Waals surface area contributed by atoms with Crippen molar-refractivity contribution in [1.82, 2.24) is 10.6 Å². The van der Waals surface area contributed by atoms with Crippen LogP contribution in [0.3, 0.4) is 0 Å². The number of halogens is 1. The number of carbonyl (C=O) groups is 1. The minimum absolute atomic E-state index is 0.0366. The molecule has 26 heavy (non-hydrogen) atoms. The van der Waals surface area contributed by atoms with Gasteiger partial charge in [0, 0.05) is 18.6 Å². The first-order valence-corrected chi connectivity index (χ1v) is 9.41. The lowest BCUT2D eigenvalue weighted by atomic mass is 9.52. The lowest BCUT2D eigenvalue weighted by Gasteiger charge is -2.58. The van der Waals surface area contributed by atoms with E-state index in [2.05, 4.69) is 34.9 Å². The van der Waals surface area contributed by atoms with Crippen molar-refractivity contribution in [3.63, 3.8) is 0 Å². The highest BCUT2D eigenvalue weighted by molar-refractivity contribution is 5.79. The molecule has 4 rings (SSSR count). The number of nitrogens with one attached hydrogen (secondary N) is 2. The summed E-state index contributed by atoms with van der Waals surface area (Å²) in [6.45, 7) is 0.930. The van der Waals surface area contributed by atoms with Crippen molar-refractivity contribution in [3.05, 3.63) is 71.5 Å². The molecule has 2 aliphatic carbocycles. The molecule has 0 atom stereocenters. The van der Waals surface area contributed by atoms with Gasteiger partial charge in [0.2, 0.25) is 5.91 Å².